The van der Waals surface area contributed by atoms with E-state index < -0.39 is 0 Å². The molecule has 19 heavy (non-hydrogen) atoms. The molecule has 5 heteroatoms. The Morgan fingerprint density at radius 3 is 2.79 bits per heavy atom. The van der Waals surface area contributed by atoms with Gasteiger partial charge in [-0.25, -0.2) is 0 Å². The molecule has 0 aromatic carbocycles. The van der Waals surface area contributed by atoms with Crippen LogP contribution in [0.25, 0.3) is 0 Å². The molecule has 0 spiro atoms. The van der Waals surface area contributed by atoms with E-state index in [2.05, 4.69) is 15.5 Å². The third-order valence-corrected chi connectivity index (χ3v) is 5.95. The van der Waals surface area contributed by atoms with Crippen molar-refractivity contribution in [3.05, 3.63) is 5.01 Å². The second kappa shape index (κ2) is 4.54. The molecule has 0 saturated heterocycles. The molecule has 1 aromatic heterocycles. The summed E-state index contributed by atoms with van der Waals surface area (Å²) in [6.45, 7) is 0. The highest BCUT2D eigenvalue weighted by Crippen LogP contribution is 2.49. The summed E-state index contributed by atoms with van der Waals surface area (Å²) in [5.41, 5.74) is 0. The number of hydrogen-bond donors (Lipinski definition) is 1. The topological polar surface area (TPSA) is 54.9 Å². The van der Waals surface area contributed by atoms with Crippen LogP contribution in [0, 0.1) is 17.8 Å². The van der Waals surface area contributed by atoms with Crippen molar-refractivity contribution in [2.24, 2.45) is 17.8 Å². The fourth-order valence-electron chi connectivity index (χ4n) is 3.82. The molecule has 102 valence electrons. The standard InChI is InChI=1S/C14H19N3OS/c18-12(7-11-6-8-1-2-10(11)5-8)15-14-17-16-13(19-14)9-3-4-9/h8-11H,1-7H2,(H,15,17,18)/t8-,10+,11-/m0/s1. The van der Waals surface area contributed by atoms with Gasteiger partial charge < -0.3 is 5.32 Å². The van der Waals surface area contributed by atoms with Crippen molar-refractivity contribution in [3.8, 4) is 0 Å². The van der Waals surface area contributed by atoms with Gasteiger partial charge in [0.2, 0.25) is 11.0 Å². The summed E-state index contributed by atoms with van der Waals surface area (Å²) in [6.07, 6.45) is 8.50. The smallest absolute Gasteiger partial charge is 0.226 e. The van der Waals surface area contributed by atoms with Gasteiger partial charge in [0.05, 0.1) is 0 Å². The van der Waals surface area contributed by atoms with Crippen LogP contribution < -0.4 is 5.32 Å². The molecule has 1 N–H and O–H groups in total. The molecule has 2 bridgehead atoms. The van der Waals surface area contributed by atoms with Crippen molar-refractivity contribution < 1.29 is 4.79 Å². The number of nitrogens with one attached hydrogen (secondary N) is 1. The maximum absolute atomic E-state index is 12.1. The fraction of sp³-hybridized carbons (Fsp3) is 0.786. The van der Waals surface area contributed by atoms with Gasteiger partial charge in [-0.2, -0.15) is 0 Å². The molecule has 1 amide bonds. The summed E-state index contributed by atoms with van der Waals surface area (Å²) < 4.78 is 0. The van der Waals surface area contributed by atoms with Crippen molar-refractivity contribution in [1.82, 2.24) is 10.2 Å². The van der Waals surface area contributed by atoms with E-state index in [1.165, 1.54) is 38.5 Å². The van der Waals surface area contributed by atoms with Crippen LogP contribution in [0.3, 0.4) is 0 Å². The fourth-order valence-corrected chi connectivity index (χ4v) is 4.74. The molecule has 3 aliphatic rings. The molecule has 3 fully saturated rings. The number of hydrogen-bond acceptors (Lipinski definition) is 4. The molecule has 0 radical (unpaired) electrons. The van der Waals surface area contributed by atoms with Gasteiger partial charge in [-0.3, -0.25) is 4.79 Å². The maximum Gasteiger partial charge on any atom is 0.226 e. The first kappa shape index (κ1) is 11.8. The average Bonchev–Trinajstić information content (AvgIpc) is 2.83. The lowest BCUT2D eigenvalue weighted by Gasteiger charge is -2.20. The van der Waals surface area contributed by atoms with Crippen molar-refractivity contribution >= 4 is 22.4 Å². The van der Waals surface area contributed by atoms with E-state index >= 15 is 0 Å². The van der Waals surface area contributed by atoms with Crippen molar-refractivity contribution in [3.63, 3.8) is 0 Å². The number of fused-ring (bicyclic) bond motifs is 2. The second-order valence-electron chi connectivity index (χ2n) is 6.41. The van der Waals surface area contributed by atoms with Gasteiger partial charge in [0.1, 0.15) is 5.01 Å². The summed E-state index contributed by atoms with van der Waals surface area (Å²) in [5, 5.41) is 13.0. The number of anilines is 1. The highest BCUT2D eigenvalue weighted by molar-refractivity contribution is 7.15. The largest absolute Gasteiger partial charge is 0.301 e. The summed E-state index contributed by atoms with van der Waals surface area (Å²) in [4.78, 5) is 12.1. The summed E-state index contributed by atoms with van der Waals surface area (Å²) in [7, 11) is 0. The average molecular weight is 277 g/mol. The minimum absolute atomic E-state index is 0.135. The molecule has 0 unspecified atom stereocenters. The van der Waals surface area contributed by atoms with Crippen LogP contribution in [0.1, 0.15) is 55.9 Å². The lowest BCUT2D eigenvalue weighted by Crippen LogP contribution is -2.20. The van der Waals surface area contributed by atoms with Gasteiger partial charge >= 0.3 is 0 Å². The van der Waals surface area contributed by atoms with E-state index in [1.54, 1.807) is 11.3 Å². The van der Waals surface area contributed by atoms with Gasteiger partial charge in [-0.15, -0.1) is 10.2 Å². The third-order valence-electron chi connectivity index (χ3n) is 4.95. The summed E-state index contributed by atoms with van der Waals surface area (Å²) in [6, 6.07) is 0. The Morgan fingerprint density at radius 2 is 2.11 bits per heavy atom. The van der Waals surface area contributed by atoms with Gasteiger partial charge in [0.15, 0.2) is 0 Å². The number of nitrogens with zero attached hydrogens (tertiary/aromatic N) is 2. The zero-order chi connectivity index (χ0) is 12.8. The van der Waals surface area contributed by atoms with E-state index in [1.807, 2.05) is 0 Å². The molecule has 3 aliphatic carbocycles. The molecular weight excluding hydrogens is 258 g/mol. The lowest BCUT2D eigenvalue weighted by molar-refractivity contribution is -0.117. The van der Waals surface area contributed by atoms with E-state index in [4.69, 9.17) is 0 Å². The van der Waals surface area contributed by atoms with E-state index in [0.29, 0.717) is 23.4 Å². The van der Waals surface area contributed by atoms with Gasteiger partial charge in [0, 0.05) is 12.3 Å². The quantitative estimate of drug-likeness (QED) is 0.919. The van der Waals surface area contributed by atoms with Gasteiger partial charge in [-0.1, -0.05) is 17.8 Å². The van der Waals surface area contributed by atoms with Crippen LogP contribution in [0.15, 0.2) is 0 Å². The first-order chi connectivity index (χ1) is 9.28. The normalized spacial score (nSPS) is 32.7. The Bertz CT molecular complexity index is 497. The van der Waals surface area contributed by atoms with Crippen LogP contribution in [-0.4, -0.2) is 16.1 Å². The first-order valence-corrected chi connectivity index (χ1v) is 8.23. The van der Waals surface area contributed by atoms with Gasteiger partial charge in [-0.05, 0) is 49.9 Å². The number of carbonyl (C=O) groups is 1. The minimum Gasteiger partial charge on any atom is -0.301 e. The van der Waals surface area contributed by atoms with Crippen LogP contribution >= 0.6 is 11.3 Å². The molecule has 1 heterocycles. The number of rotatable bonds is 4. The molecule has 3 saturated carbocycles. The van der Waals surface area contributed by atoms with E-state index in [9.17, 15) is 4.79 Å². The highest BCUT2D eigenvalue weighted by Gasteiger charge is 2.40. The Labute approximate surface area is 117 Å². The molecule has 4 nitrogen and oxygen atoms in total. The van der Waals surface area contributed by atoms with Gasteiger partial charge in [0.25, 0.3) is 0 Å². The maximum atomic E-state index is 12.1. The zero-order valence-electron chi connectivity index (χ0n) is 11.0. The van der Waals surface area contributed by atoms with Crippen molar-refractivity contribution in [2.45, 2.75) is 50.9 Å². The van der Waals surface area contributed by atoms with Crippen LogP contribution in [-0.2, 0) is 4.79 Å². The predicted octanol–water partition coefficient (Wildman–Crippen LogP) is 3.18. The lowest BCUT2D eigenvalue weighted by atomic mass is 9.86. The Morgan fingerprint density at radius 1 is 1.21 bits per heavy atom. The first-order valence-electron chi connectivity index (χ1n) is 7.41. The molecule has 0 aliphatic heterocycles. The molecular formula is C14H19N3OS. The van der Waals surface area contributed by atoms with Crippen LogP contribution in [0.5, 0.6) is 0 Å². The Balaban J connectivity index is 1.33. The highest BCUT2D eigenvalue weighted by atomic mass is 32.1. The molecule has 4 rings (SSSR count). The monoisotopic (exact) mass is 277 g/mol. The number of carbonyl (C=O) groups excluding carboxylic acids is 1. The summed E-state index contributed by atoms with van der Waals surface area (Å²) in [5.74, 6) is 3.09. The third kappa shape index (κ3) is 2.40. The SMILES string of the molecule is O=C(C[C@@H]1C[C@H]2CC[C@@H]1C2)Nc1nnc(C2CC2)s1. The predicted molar refractivity (Wildman–Crippen MR) is 74.1 cm³/mol. The molecule has 1 aromatic rings. The van der Waals surface area contributed by atoms with Crippen LogP contribution in [0.2, 0.25) is 0 Å². The number of amides is 1. The van der Waals surface area contributed by atoms with E-state index in [0.717, 1.165) is 16.8 Å². The van der Waals surface area contributed by atoms with Crippen molar-refractivity contribution in [2.75, 3.05) is 5.32 Å². The molecule has 3 atom stereocenters. The van der Waals surface area contributed by atoms with E-state index in [-0.39, 0.29) is 5.91 Å². The zero-order valence-corrected chi connectivity index (χ0v) is 11.8. The second-order valence-corrected chi connectivity index (χ2v) is 7.42. The number of aromatic nitrogens is 2. The Hall–Kier alpha value is -0.970. The van der Waals surface area contributed by atoms with Crippen molar-refractivity contribution in [1.29, 1.82) is 0 Å². The minimum atomic E-state index is 0.135. The summed E-state index contributed by atoms with van der Waals surface area (Å²) >= 11 is 1.55. The van der Waals surface area contributed by atoms with Crippen LogP contribution in [0.4, 0.5) is 5.13 Å². The Kier molecular flexibility index (Phi) is 2.83.